The molecule has 22 heavy (non-hydrogen) atoms. The van der Waals surface area contributed by atoms with Crippen molar-refractivity contribution in [2.24, 2.45) is 0 Å². The molecule has 1 aromatic rings. The van der Waals surface area contributed by atoms with E-state index in [1.165, 1.54) is 6.07 Å². The highest BCUT2D eigenvalue weighted by Crippen LogP contribution is 2.41. The lowest BCUT2D eigenvalue weighted by atomic mass is 9.75. The Bertz CT molecular complexity index is 771. The van der Waals surface area contributed by atoms with E-state index in [0.29, 0.717) is 28.8 Å². The Balaban J connectivity index is 2.20. The summed E-state index contributed by atoms with van der Waals surface area (Å²) < 4.78 is 26.8. The number of hydrogen-bond acceptors (Lipinski definition) is 3. The zero-order valence-electron chi connectivity index (χ0n) is 12.0. The Labute approximate surface area is 126 Å². The fraction of sp³-hybridized carbons (Fsp3) is 0.294. The monoisotopic (exact) mass is 300 g/mol. The van der Waals surface area contributed by atoms with Gasteiger partial charge in [-0.3, -0.25) is 4.79 Å². The molecule has 2 aliphatic rings. The quantitative estimate of drug-likeness (QED) is 0.864. The van der Waals surface area contributed by atoms with Gasteiger partial charge in [0.1, 0.15) is 0 Å². The van der Waals surface area contributed by atoms with Gasteiger partial charge in [-0.1, -0.05) is 6.07 Å². The molecule has 3 nitrogen and oxygen atoms in total. The van der Waals surface area contributed by atoms with Gasteiger partial charge in [0.15, 0.2) is 17.4 Å². The molecule has 3 rings (SSSR count). The molecule has 0 radical (unpaired) electrons. The second-order valence-corrected chi connectivity index (χ2v) is 5.55. The number of nitriles is 1. The maximum atomic E-state index is 13.6. The van der Waals surface area contributed by atoms with Crippen LogP contribution in [0.2, 0.25) is 0 Å². The van der Waals surface area contributed by atoms with Gasteiger partial charge >= 0.3 is 0 Å². The van der Waals surface area contributed by atoms with E-state index in [1.54, 1.807) is 6.92 Å². The van der Waals surface area contributed by atoms with Crippen LogP contribution in [0, 0.1) is 23.0 Å². The topological polar surface area (TPSA) is 52.9 Å². The minimum atomic E-state index is -0.976. The molecular weight excluding hydrogens is 286 g/mol. The summed E-state index contributed by atoms with van der Waals surface area (Å²) >= 11 is 0. The Morgan fingerprint density at radius 2 is 2.05 bits per heavy atom. The number of benzene rings is 1. The maximum Gasteiger partial charge on any atom is 0.161 e. The van der Waals surface area contributed by atoms with Crippen molar-refractivity contribution in [3.63, 3.8) is 0 Å². The van der Waals surface area contributed by atoms with E-state index in [-0.39, 0.29) is 5.78 Å². The van der Waals surface area contributed by atoms with Crippen LogP contribution < -0.4 is 5.32 Å². The van der Waals surface area contributed by atoms with Gasteiger partial charge in [-0.15, -0.1) is 0 Å². The molecule has 0 bridgehead atoms. The molecule has 0 spiro atoms. The van der Waals surface area contributed by atoms with Gasteiger partial charge in [-0.2, -0.15) is 5.26 Å². The number of rotatable bonds is 1. The van der Waals surface area contributed by atoms with E-state index in [2.05, 4.69) is 11.4 Å². The largest absolute Gasteiger partial charge is 0.361 e. The SMILES string of the molecule is CC1=C(C#N)C(c2ccc(F)c(F)c2)C2=C(CCCC2=O)N1. The van der Waals surface area contributed by atoms with E-state index in [4.69, 9.17) is 0 Å². The van der Waals surface area contributed by atoms with E-state index in [1.807, 2.05) is 0 Å². The number of carbonyl (C=O) groups is 1. The molecule has 112 valence electrons. The maximum absolute atomic E-state index is 13.6. The molecule has 0 saturated carbocycles. The molecule has 5 heteroatoms. The van der Waals surface area contributed by atoms with Crippen molar-refractivity contribution in [2.75, 3.05) is 0 Å². The van der Waals surface area contributed by atoms with Crippen LogP contribution >= 0.6 is 0 Å². The minimum Gasteiger partial charge on any atom is -0.361 e. The number of carbonyl (C=O) groups excluding carboxylic acids is 1. The summed E-state index contributed by atoms with van der Waals surface area (Å²) in [6, 6.07) is 5.64. The van der Waals surface area contributed by atoms with Crippen LogP contribution in [0.15, 0.2) is 40.7 Å². The normalized spacial score (nSPS) is 21.4. The van der Waals surface area contributed by atoms with Gasteiger partial charge in [0.05, 0.1) is 17.6 Å². The van der Waals surface area contributed by atoms with E-state index in [0.717, 1.165) is 30.7 Å². The number of Topliss-reactive ketones (excluding diaryl/α,β-unsaturated/α-hetero) is 1. The van der Waals surface area contributed by atoms with Crippen LogP contribution in [0.1, 0.15) is 37.7 Å². The highest BCUT2D eigenvalue weighted by atomic mass is 19.2. The lowest BCUT2D eigenvalue weighted by Crippen LogP contribution is -2.31. The van der Waals surface area contributed by atoms with Crippen molar-refractivity contribution in [3.05, 3.63) is 57.9 Å². The van der Waals surface area contributed by atoms with Crippen molar-refractivity contribution < 1.29 is 13.6 Å². The smallest absolute Gasteiger partial charge is 0.161 e. The van der Waals surface area contributed by atoms with Crippen LogP contribution in [-0.4, -0.2) is 5.78 Å². The number of allylic oxidation sites excluding steroid dienone is 4. The summed E-state index contributed by atoms with van der Waals surface area (Å²) in [6.45, 7) is 1.76. The molecule has 1 atom stereocenters. The number of dihydropyridines is 1. The van der Waals surface area contributed by atoms with Crippen molar-refractivity contribution >= 4 is 5.78 Å². The van der Waals surface area contributed by atoms with Gasteiger partial charge in [0.25, 0.3) is 0 Å². The number of nitrogens with one attached hydrogen (secondary N) is 1. The van der Waals surface area contributed by atoms with E-state index >= 15 is 0 Å². The van der Waals surface area contributed by atoms with Crippen molar-refractivity contribution in [1.29, 1.82) is 5.26 Å². The number of hydrogen-bond donors (Lipinski definition) is 1. The third-order valence-electron chi connectivity index (χ3n) is 4.17. The first kappa shape index (κ1) is 14.5. The summed E-state index contributed by atoms with van der Waals surface area (Å²) in [5.74, 6) is -2.58. The molecule has 0 aromatic heterocycles. The van der Waals surface area contributed by atoms with Gasteiger partial charge in [0.2, 0.25) is 0 Å². The van der Waals surface area contributed by atoms with Gasteiger partial charge in [-0.05, 0) is 37.5 Å². The van der Waals surface area contributed by atoms with Crippen molar-refractivity contribution in [3.8, 4) is 6.07 Å². The summed E-state index contributed by atoms with van der Waals surface area (Å²) in [5, 5.41) is 12.6. The molecule has 1 N–H and O–H groups in total. The van der Waals surface area contributed by atoms with Crippen LogP contribution in [0.3, 0.4) is 0 Å². The predicted molar refractivity (Wildman–Crippen MR) is 76.4 cm³/mol. The molecule has 0 saturated heterocycles. The van der Waals surface area contributed by atoms with Gasteiger partial charge in [-0.25, -0.2) is 8.78 Å². The molecule has 0 fully saturated rings. The Hall–Kier alpha value is -2.48. The second-order valence-electron chi connectivity index (χ2n) is 5.55. The molecule has 1 aliphatic carbocycles. The van der Waals surface area contributed by atoms with Crippen LogP contribution in [0.4, 0.5) is 8.78 Å². The summed E-state index contributed by atoms with van der Waals surface area (Å²) in [5.41, 5.74) is 2.77. The highest BCUT2D eigenvalue weighted by Gasteiger charge is 2.36. The Morgan fingerprint density at radius 1 is 1.27 bits per heavy atom. The molecular formula is C17H14F2N2O. The third kappa shape index (κ3) is 2.21. The molecule has 1 unspecified atom stereocenters. The average Bonchev–Trinajstić information content (AvgIpc) is 2.49. The first-order valence-corrected chi connectivity index (χ1v) is 7.12. The fourth-order valence-electron chi connectivity index (χ4n) is 3.16. The third-order valence-corrected chi connectivity index (χ3v) is 4.17. The standard InChI is InChI=1S/C17H14F2N2O/c1-9-11(8-20)16(10-5-6-12(18)13(19)7-10)17-14(21-9)3-2-4-15(17)22/h5-7,16,21H,2-4H2,1H3. The lowest BCUT2D eigenvalue weighted by Gasteiger charge is -2.32. The highest BCUT2D eigenvalue weighted by molar-refractivity contribution is 5.99. The van der Waals surface area contributed by atoms with Crippen LogP contribution in [-0.2, 0) is 4.79 Å². The second kappa shape index (κ2) is 5.38. The number of halogens is 2. The Morgan fingerprint density at radius 3 is 2.73 bits per heavy atom. The molecule has 1 heterocycles. The minimum absolute atomic E-state index is 0.0382. The molecule has 1 aliphatic heterocycles. The van der Waals surface area contributed by atoms with Gasteiger partial charge in [0, 0.05) is 23.4 Å². The van der Waals surface area contributed by atoms with E-state index < -0.39 is 17.6 Å². The summed E-state index contributed by atoms with van der Waals surface area (Å²) in [4.78, 5) is 12.3. The van der Waals surface area contributed by atoms with Crippen LogP contribution in [0.25, 0.3) is 0 Å². The molecule has 0 amide bonds. The Kier molecular flexibility index (Phi) is 3.53. The summed E-state index contributed by atoms with van der Waals surface area (Å²) in [7, 11) is 0. The zero-order valence-corrected chi connectivity index (χ0v) is 12.0. The van der Waals surface area contributed by atoms with E-state index in [9.17, 15) is 18.8 Å². The number of nitrogens with zero attached hydrogens (tertiary/aromatic N) is 1. The van der Waals surface area contributed by atoms with Gasteiger partial charge < -0.3 is 5.32 Å². The number of ketones is 1. The first-order valence-electron chi connectivity index (χ1n) is 7.12. The molecule has 1 aromatic carbocycles. The lowest BCUT2D eigenvalue weighted by molar-refractivity contribution is -0.116. The summed E-state index contributed by atoms with van der Waals surface area (Å²) in [6.07, 6.45) is 1.89. The average molecular weight is 300 g/mol. The first-order chi connectivity index (χ1) is 10.5. The predicted octanol–water partition coefficient (Wildman–Crippen LogP) is 3.46. The zero-order chi connectivity index (χ0) is 15.9. The fourth-order valence-corrected chi connectivity index (χ4v) is 3.16. The van der Waals surface area contributed by atoms with Crippen LogP contribution in [0.5, 0.6) is 0 Å². The van der Waals surface area contributed by atoms with Crippen molar-refractivity contribution in [2.45, 2.75) is 32.1 Å². The van der Waals surface area contributed by atoms with Crippen molar-refractivity contribution in [1.82, 2.24) is 5.32 Å².